The van der Waals surface area contributed by atoms with Crippen LogP contribution in [0.3, 0.4) is 0 Å². The maximum Gasteiger partial charge on any atom is 0.255 e. The maximum atomic E-state index is 11.6. The standard InChI is InChI=1S/C11H13NO2.3C2H6/c1-3-7-9(4-2)12-11(13)8-5-6-14-10(7)8;3*1-2/h3-4H,5-6H2,1-2H3,(H,12,13);3*1-2H3/b7-3+,9-4+;;;. The average Bonchev–Trinajstić information content (AvgIpc) is 3.03. The molecule has 0 saturated carbocycles. The lowest BCUT2D eigenvalue weighted by Gasteiger charge is -1.99. The number of rotatable bonds is 0. The fraction of sp³-hybridized carbons (Fsp3) is 0.588. The zero-order valence-corrected chi connectivity index (χ0v) is 14.4. The van der Waals surface area contributed by atoms with Crippen LogP contribution in [0.15, 0.2) is 4.79 Å². The van der Waals surface area contributed by atoms with Crippen LogP contribution in [0.4, 0.5) is 0 Å². The molecule has 0 amide bonds. The van der Waals surface area contributed by atoms with Gasteiger partial charge in [0.05, 0.1) is 12.2 Å². The molecule has 0 fully saturated rings. The predicted octanol–water partition coefficient (Wildman–Crippen LogP) is 2.99. The lowest BCUT2D eigenvalue weighted by atomic mass is 10.2. The van der Waals surface area contributed by atoms with E-state index in [-0.39, 0.29) is 5.56 Å². The maximum absolute atomic E-state index is 11.6. The van der Waals surface area contributed by atoms with Crippen molar-refractivity contribution in [3.63, 3.8) is 0 Å². The Bertz CT molecular complexity index is 527. The Morgan fingerprint density at radius 1 is 1.00 bits per heavy atom. The van der Waals surface area contributed by atoms with Gasteiger partial charge in [-0.1, -0.05) is 53.7 Å². The van der Waals surface area contributed by atoms with E-state index >= 15 is 0 Å². The van der Waals surface area contributed by atoms with E-state index in [0.717, 1.165) is 28.3 Å². The summed E-state index contributed by atoms with van der Waals surface area (Å²) >= 11 is 0. The van der Waals surface area contributed by atoms with Gasteiger partial charge in [-0.15, -0.1) is 0 Å². The van der Waals surface area contributed by atoms with Crippen molar-refractivity contribution in [2.45, 2.75) is 61.8 Å². The molecule has 0 spiro atoms. The van der Waals surface area contributed by atoms with Gasteiger partial charge in [0.15, 0.2) is 0 Å². The molecule has 0 atom stereocenters. The van der Waals surface area contributed by atoms with Crippen molar-refractivity contribution in [1.82, 2.24) is 4.98 Å². The predicted molar refractivity (Wildman–Crippen MR) is 89.8 cm³/mol. The number of fused-ring (bicyclic) bond motifs is 1. The molecule has 0 bridgehead atoms. The van der Waals surface area contributed by atoms with E-state index in [0.29, 0.717) is 6.61 Å². The third-order valence-corrected chi connectivity index (χ3v) is 2.51. The minimum atomic E-state index is -0.0174. The number of ether oxygens (including phenoxy) is 1. The Morgan fingerprint density at radius 2 is 1.55 bits per heavy atom. The molecular weight excluding hydrogens is 250 g/mol. The zero-order chi connectivity index (χ0) is 16.1. The topological polar surface area (TPSA) is 42.1 Å². The van der Waals surface area contributed by atoms with Crippen LogP contribution in [0.25, 0.3) is 12.2 Å². The van der Waals surface area contributed by atoms with E-state index in [9.17, 15) is 4.79 Å². The lowest BCUT2D eigenvalue weighted by Crippen LogP contribution is -2.35. The van der Waals surface area contributed by atoms with Crippen LogP contribution in [-0.4, -0.2) is 11.6 Å². The normalized spacial score (nSPS) is 12.8. The van der Waals surface area contributed by atoms with Gasteiger partial charge >= 0.3 is 0 Å². The Morgan fingerprint density at radius 3 is 2.00 bits per heavy atom. The Labute approximate surface area is 123 Å². The average molecular weight is 281 g/mol. The van der Waals surface area contributed by atoms with Gasteiger partial charge in [0, 0.05) is 17.0 Å². The number of hydrogen-bond acceptors (Lipinski definition) is 2. The van der Waals surface area contributed by atoms with Crippen molar-refractivity contribution in [2.75, 3.05) is 6.61 Å². The summed E-state index contributed by atoms with van der Waals surface area (Å²) < 4.78 is 5.47. The Balaban J connectivity index is 0. The highest BCUT2D eigenvalue weighted by Gasteiger charge is 2.17. The second-order valence-electron chi connectivity index (χ2n) is 3.26. The largest absolute Gasteiger partial charge is 0.492 e. The molecule has 1 aromatic rings. The third-order valence-electron chi connectivity index (χ3n) is 2.51. The quantitative estimate of drug-likeness (QED) is 0.794. The number of aromatic amines is 1. The molecule has 3 heteroatoms. The SMILES string of the molecule is C/C=c1/[nH]c(=O)c2c(/c1=C/C)OCC2.CC.CC.CC. The summed E-state index contributed by atoms with van der Waals surface area (Å²) in [5, 5.41) is 1.85. The van der Waals surface area contributed by atoms with Crippen LogP contribution < -0.4 is 20.9 Å². The van der Waals surface area contributed by atoms with Crippen molar-refractivity contribution in [1.29, 1.82) is 0 Å². The van der Waals surface area contributed by atoms with Crippen LogP contribution in [0.2, 0.25) is 0 Å². The number of pyridine rings is 1. The molecule has 2 heterocycles. The van der Waals surface area contributed by atoms with Gasteiger partial charge in [0.2, 0.25) is 0 Å². The summed E-state index contributed by atoms with van der Waals surface area (Å²) in [6.07, 6.45) is 4.57. The van der Waals surface area contributed by atoms with E-state index < -0.39 is 0 Å². The fourth-order valence-corrected chi connectivity index (χ4v) is 1.81. The molecule has 1 aliphatic rings. The number of aromatic nitrogens is 1. The highest BCUT2D eigenvalue weighted by molar-refractivity contribution is 5.42. The van der Waals surface area contributed by atoms with Crippen molar-refractivity contribution in [2.24, 2.45) is 0 Å². The zero-order valence-electron chi connectivity index (χ0n) is 14.4. The molecular formula is C17H31NO2. The van der Waals surface area contributed by atoms with Gasteiger partial charge in [-0.2, -0.15) is 0 Å². The molecule has 0 aromatic carbocycles. The van der Waals surface area contributed by atoms with Crippen molar-refractivity contribution < 1.29 is 4.74 Å². The van der Waals surface area contributed by atoms with Gasteiger partial charge in [-0.25, -0.2) is 0 Å². The van der Waals surface area contributed by atoms with Crippen molar-refractivity contribution >= 4 is 12.2 Å². The van der Waals surface area contributed by atoms with E-state index in [1.165, 1.54) is 0 Å². The monoisotopic (exact) mass is 281 g/mol. The number of nitrogens with one attached hydrogen (secondary N) is 1. The number of H-pyrrole nitrogens is 1. The summed E-state index contributed by atoms with van der Waals surface area (Å²) in [6.45, 7) is 16.5. The van der Waals surface area contributed by atoms with Gasteiger partial charge in [0.25, 0.3) is 5.56 Å². The molecule has 1 N–H and O–H groups in total. The van der Waals surface area contributed by atoms with Gasteiger partial charge in [0.1, 0.15) is 5.75 Å². The first kappa shape index (κ1) is 20.8. The van der Waals surface area contributed by atoms with Crippen molar-refractivity contribution in [3.8, 4) is 5.75 Å². The highest BCUT2D eigenvalue weighted by atomic mass is 16.5. The summed E-state index contributed by atoms with van der Waals surface area (Å²) in [4.78, 5) is 14.4. The van der Waals surface area contributed by atoms with Crippen LogP contribution in [0, 0.1) is 0 Å². The Hall–Kier alpha value is -1.51. The molecule has 20 heavy (non-hydrogen) atoms. The summed E-state index contributed by atoms with van der Waals surface area (Å²) in [6, 6.07) is 0. The molecule has 116 valence electrons. The molecule has 2 rings (SSSR count). The number of hydrogen-bond donors (Lipinski definition) is 1. The third kappa shape index (κ3) is 4.87. The van der Waals surface area contributed by atoms with Crippen LogP contribution >= 0.6 is 0 Å². The molecule has 3 nitrogen and oxygen atoms in total. The van der Waals surface area contributed by atoms with E-state index in [1.807, 2.05) is 67.5 Å². The van der Waals surface area contributed by atoms with Crippen LogP contribution in [0.1, 0.15) is 61.0 Å². The minimum absolute atomic E-state index is 0.0174. The van der Waals surface area contributed by atoms with E-state index in [1.54, 1.807) is 0 Å². The molecule has 0 aliphatic carbocycles. The minimum Gasteiger partial charge on any atom is -0.492 e. The van der Waals surface area contributed by atoms with E-state index in [2.05, 4.69) is 4.98 Å². The first-order valence-corrected chi connectivity index (χ1v) is 7.78. The molecule has 1 aliphatic heterocycles. The summed E-state index contributed by atoms with van der Waals surface area (Å²) in [5.41, 5.74) is 0.764. The Kier molecular flexibility index (Phi) is 13.0. The highest BCUT2D eigenvalue weighted by Crippen LogP contribution is 2.14. The van der Waals surface area contributed by atoms with E-state index in [4.69, 9.17) is 4.74 Å². The van der Waals surface area contributed by atoms with Crippen LogP contribution in [0.5, 0.6) is 5.75 Å². The lowest BCUT2D eigenvalue weighted by molar-refractivity contribution is 0.354. The van der Waals surface area contributed by atoms with Gasteiger partial charge in [-0.05, 0) is 13.8 Å². The summed E-state index contributed by atoms with van der Waals surface area (Å²) in [7, 11) is 0. The molecule has 0 radical (unpaired) electrons. The first-order valence-electron chi connectivity index (χ1n) is 7.78. The second-order valence-corrected chi connectivity index (χ2v) is 3.26. The van der Waals surface area contributed by atoms with Gasteiger partial charge < -0.3 is 9.72 Å². The fourth-order valence-electron chi connectivity index (χ4n) is 1.81. The van der Waals surface area contributed by atoms with Crippen LogP contribution in [-0.2, 0) is 6.42 Å². The molecule has 1 aromatic heterocycles. The van der Waals surface area contributed by atoms with Gasteiger partial charge in [-0.3, -0.25) is 4.79 Å². The molecule has 0 unspecified atom stereocenters. The second kappa shape index (κ2) is 12.5. The molecule has 0 saturated heterocycles. The first-order chi connectivity index (χ1) is 9.77. The van der Waals surface area contributed by atoms with Crippen molar-refractivity contribution in [3.05, 3.63) is 26.5 Å². The summed E-state index contributed by atoms with van der Waals surface area (Å²) in [5.74, 6) is 0.768. The smallest absolute Gasteiger partial charge is 0.255 e.